The Morgan fingerprint density at radius 1 is 1.14 bits per heavy atom. The van der Waals surface area contributed by atoms with Crippen molar-refractivity contribution < 1.29 is 27.9 Å². The first kappa shape index (κ1) is 19.4. The predicted molar refractivity (Wildman–Crippen MR) is 94.7 cm³/mol. The number of aromatic carboxylic acids is 1. The number of carboxylic acids is 1. The summed E-state index contributed by atoms with van der Waals surface area (Å²) in [4.78, 5) is 27.4. The average Bonchev–Trinajstić information content (AvgIpc) is 3.05. The summed E-state index contributed by atoms with van der Waals surface area (Å²) in [6.45, 7) is 1.21. The topological polar surface area (TPSA) is 84.2 Å². The third kappa shape index (κ3) is 3.68. The number of imidazole rings is 1. The quantitative estimate of drug-likeness (QED) is 0.696. The van der Waals surface area contributed by atoms with E-state index in [9.17, 15) is 27.9 Å². The molecule has 9 heteroatoms. The van der Waals surface area contributed by atoms with E-state index in [1.807, 2.05) is 0 Å². The van der Waals surface area contributed by atoms with Crippen molar-refractivity contribution in [2.24, 2.45) is 0 Å². The zero-order valence-electron chi connectivity index (χ0n) is 14.7. The van der Waals surface area contributed by atoms with Crippen LogP contribution in [0.15, 0.2) is 48.5 Å². The molecule has 1 atom stereocenters. The molecule has 2 N–H and O–H groups in total. The Morgan fingerprint density at radius 2 is 1.79 bits per heavy atom. The first-order valence-corrected chi connectivity index (χ1v) is 8.33. The highest BCUT2D eigenvalue weighted by Gasteiger charge is 2.39. The van der Waals surface area contributed by atoms with Crippen LogP contribution in [-0.4, -0.2) is 26.5 Å². The molecule has 3 rings (SSSR count). The lowest BCUT2D eigenvalue weighted by Crippen LogP contribution is -2.33. The second-order valence-corrected chi connectivity index (χ2v) is 6.15. The van der Waals surface area contributed by atoms with E-state index in [4.69, 9.17) is 0 Å². The molecule has 0 spiro atoms. The lowest BCUT2D eigenvalue weighted by atomic mass is 10.1. The Labute approximate surface area is 157 Å². The van der Waals surface area contributed by atoms with E-state index in [1.165, 1.54) is 31.2 Å². The van der Waals surface area contributed by atoms with E-state index < -0.39 is 29.9 Å². The second-order valence-electron chi connectivity index (χ2n) is 6.15. The monoisotopic (exact) mass is 391 g/mol. The van der Waals surface area contributed by atoms with E-state index in [0.717, 1.165) is 4.57 Å². The predicted octanol–water partition coefficient (Wildman–Crippen LogP) is 3.63. The summed E-state index contributed by atoms with van der Waals surface area (Å²) in [5.41, 5.74) is 0.677. The van der Waals surface area contributed by atoms with Gasteiger partial charge in [-0.25, -0.2) is 9.78 Å². The number of rotatable bonds is 5. The summed E-state index contributed by atoms with van der Waals surface area (Å²) >= 11 is 0. The third-order valence-corrected chi connectivity index (χ3v) is 4.32. The molecule has 146 valence electrons. The number of carboxylic acid groups (broad SMARTS) is 1. The van der Waals surface area contributed by atoms with Crippen LogP contribution in [0.3, 0.4) is 0 Å². The molecule has 28 heavy (non-hydrogen) atoms. The number of para-hydroxylation sites is 2. The molecule has 1 amide bonds. The van der Waals surface area contributed by atoms with Crippen molar-refractivity contribution in [2.75, 3.05) is 0 Å². The van der Waals surface area contributed by atoms with E-state index >= 15 is 0 Å². The Kier molecular flexibility index (Phi) is 5.08. The standard InChI is InChI=1S/C19H16F3N3O3/c1-11(16(26)23-10-12-6-2-3-7-13(12)17(27)28)25-15-9-5-4-8-14(15)24-18(25)19(20,21)22/h2-9,11H,10H2,1H3,(H,23,26)(H,27,28). The fourth-order valence-corrected chi connectivity index (χ4v) is 2.97. The Hall–Kier alpha value is -3.36. The van der Waals surface area contributed by atoms with Gasteiger partial charge in [-0.1, -0.05) is 30.3 Å². The summed E-state index contributed by atoms with van der Waals surface area (Å²) in [6, 6.07) is 10.9. The number of amides is 1. The molecule has 0 saturated heterocycles. The summed E-state index contributed by atoms with van der Waals surface area (Å²) in [6.07, 6.45) is -4.73. The Balaban J connectivity index is 1.89. The largest absolute Gasteiger partial charge is 0.478 e. The first-order chi connectivity index (χ1) is 13.2. The molecule has 6 nitrogen and oxygen atoms in total. The lowest BCUT2D eigenvalue weighted by Gasteiger charge is -2.19. The van der Waals surface area contributed by atoms with Crippen molar-refractivity contribution in [3.05, 3.63) is 65.5 Å². The van der Waals surface area contributed by atoms with Crippen LogP contribution in [0.2, 0.25) is 0 Å². The van der Waals surface area contributed by atoms with Crippen molar-refractivity contribution in [3.8, 4) is 0 Å². The molecule has 0 aliphatic heterocycles. The summed E-state index contributed by atoms with van der Waals surface area (Å²) in [5.74, 6) is -3.01. The van der Waals surface area contributed by atoms with E-state index in [0.29, 0.717) is 5.56 Å². The summed E-state index contributed by atoms with van der Waals surface area (Å²) < 4.78 is 41.1. The van der Waals surface area contributed by atoms with E-state index in [-0.39, 0.29) is 23.1 Å². The van der Waals surface area contributed by atoms with Crippen LogP contribution < -0.4 is 5.32 Å². The molecule has 2 aromatic carbocycles. The van der Waals surface area contributed by atoms with Gasteiger partial charge < -0.3 is 15.0 Å². The molecular weight excluding hydrogens is 375 g/mol. The van der Waals surface area contributed by atoms with Crippen LogP contribution in [0.1, 0.15) is 34.7 Å². The Bertz CT molecular complexity index is 1040. The maximum absolute atomic E-state index is 13.4. The molecule has 1 unspecified atom stereocenters. The molecule has 0 bridgehead atoms. The van der Waals surface area contributed by atoms with Gasteiger partial charge in [-0.15, -0.1) is 0 Å². The van der Waals surface area contributed by atoms with Crippen molar-refractivity contribution >= 4 is 22.9 Å². The van der Waals surface area contributed by atoms with Crippen molar-refractivity contribution in [1.29, 1.82) is 0 Å². The van der Waals surface area contributed by atoms with E-state index in [1.54, 1.807) is 24.3 Å². The number of carbonyl (C=O) groups excluding carboxylic acids is 1. The highest BCUT2D eigenvalue weighted by atomic mass is 19.4. The molecule has 0 radical (unpaired) electrons. The molecule has 0 saturated carbocycles. The molecule has 1 aromatic heterocycles. The van der Waals surface area contributed by atoms with Crippen LogP contribution in [-0.2, 0) is 17.5 Å². The number of benzene rings is 2. The smallest absolute Gasteiger partial charge is 0.449 e. The van der Waals surface area contributed by atoms with Gasteiger partial charge in [0.05, 0.1) is 16.6 Å². The minimum atomic E-state index is -4.73. The van der Waals surface area contributed by atoms with Gasteiger partial charge in [-0.3, -0.25) is 4.79 Å². The highest BCUT2D eigenvalue weighted by Crippen LogP contribution is 2.33. The van der Waals surface area contributed by atoms with Gasteiger partial charge in [-0.05, 0) is 30.7 Å². The van der Waals surface area contributed by atoms with Crippen LogP contribution in [0.25, 0.3) is 11.0 Å². The zero-order valence-corrected chi connectivity index (χ0v) is 14.7. The molecule has 3 aromatic rings. The zero-order chi connectivity index (χ0) is 20.5. The fraction of sp³-hybridized carbons (Fsp3) is 0.211. The van der Waals surface area contributed by atoms with Gasteiger partial charge >= 0.3 is 12.1 Å². The number of nitrogens with zero attached hydrogens (tertiary/aromatic N) is 2. The van der Waals surface area contributed by atoms with Gasteiger partial charge in [0.1, 0.15) is 6.04 Å². The van der Waals surface area contributed by atoms with Crippen molar-refractivity contribution in [1.82, 2.24) is 14.9 Å². The third-order valence-electron chi connectivity index (χ3n) is 4.32. The van der Waals surface area contributed by atoms with Crippen LogP contribution >= 0.6 is 0 Å². The Morgan fingerprint density at radius 3 is 2.46 bits per heavy atom. The van der Waals surface area contributed by atoms with Gasteiger partial charge in [0.2, 0.25) is 11.7 Å². The molecule has 0 fully saturated rings. The van der Waals surface area contributed by atoms with E-state index in [2.05, 4.69) is 10.3 Å². The fourth-order valence-electron chi connectivity index (χ4n) is 2.97. The molecule has 0 aliphatic carbocycles. The number of halogens is 3. The van der Waals surface area contributed by atoms with Crippen LogP contribution in [0, 0.1) is 0 Å². The maximum Gasteiger partial charge on any atom is 0.449 e. The summed E-state index contributed by atoms with van der Waals surface area (Å²) in [5, 5.41) is 11.7. The number of nitrogens with one attached hydrogen (secondary N) is 1. The van der Waals surface area contributed by atoms with Crippen molar-refractivity contribution in [2.45, 2.75) is 25.7 Å². The molecular formula is C19H16F3N3O3. The minimum absolute atomic E-state index is 0.0134. The van der Waals surface area contributed by atoms with Gasteiger partial charge in [0.15, 0.2) is 0 Å². The maximum atomic E-state index is 13.4. The van der Waals surface area contributed by atoms with Gasteiger partial charge in [0.25, 0.3) is 0 Å². The van der Waals surface area contributed by atoms with Crippen LogP contribution in [0.5, 0.6) is 0 Å². The molecule has 0 aliphatic rings. The SMILES string of the molecule is CC(C(=O)NCc1ccccc1C(=O)O)n1c(C(F)(F)F)nc2ccccc21. The minimum Gasteiger partial charge on any atom is -0.478 e. The number of aromatic nitrogens is 2. The lowest BCUT2D eigenvalue weighted by molar-refractivity contribution is -0.148. The highest BCUT2D eigenvalue weighted by molar-refractivity contribution is 5.89. The number of alkyl halides is 3. The number of hydrogen-bond donors (Lipinski definition) is 2. The van der Waals surface area contributed by atoms with Gasteiger partial charge in [0, 0.05) is 6.54 Å². The van der Waals surface area contributed by atoms with Gasteiger partial charge in [-0.2, -0.15) is 13.2 Å². The van der Waals surface area contributed by atoms with Crippen LogP contribution in [0.4, 0.5) is 13.2 Å². The second kappa shape index (κ2) is 7.34. The number of carbonyl (C=O) groups is 2. The summed E-state index contributed by atoms with van der Waals surface area (Å²) in [7, 11) is 0. The number of hydrogen-bond acceptors (Lipinski definition) is 3. The average molecular weight is 391 g/mol. The first-order valence-electron chi connectivity index (χ1n) is 8.33. The van der Waals surface area contributed by atoms with Crippen molar-refractivity contribution in [3.63, 3.8) is 0 Å². The molecule has 1 heterocycles. The normalized spacial score (nSPS) is 12.7. The number of fused-ring (bicyclic) bond motifs is 1.